The van der Waals surface area contributed by atoms with E-state index >= 15 is 0 Å². The van der Waals surface area contributed by atoms with Gasteiger partial charge in [0.2, 0.25) is 11.8 Å². The monoisotopic (exact) mass is 567 g/mol. The molecule has 1 atom stereocenters. The van der Waals surface area contributed by atoms with Gasteiger partial charge in [0.25, 0.3) is 0 Å². The molecule has 1 aromatic heterocycles. The maximum Gasteiger partial charge on any atom is 0.231 e. The molecular weight excluding hydrogens is 526 g/mol. The topological polar surface area (TPSA) is 98.8 Å². The van der Waals surface area contributed by atoms with Crippen LogP contribution in [0.2, 0.25) is 0 Å². The molecule has 0 saturated heterocycles. The lowest BCUT2D eigenvalue weighted by Gasteiger charge is -2.36. The number of aliphatic hydroxyl groups is 2. The van der Waals surface area contributed by atoms with Crippen LogP contribution in [-0.4, -0.2) is 39.1 Å². The third-order valence-electron chi connectivity index (χ3n) is 8.29. The van der Waals surface area contributed by atoms with Crippen LogP contribution in [0.4, 0.5) is 5.69 Å². The van der Waals surface area contributed by atoms with E-state index in [1.165, 1.54) is 12.0 Å². The van der Waals surface area contributed by atoms with Gasteiger partial charge in [-0.05, 0) is 41.7 Å². The fourth-order valence-corrected chi connectivity index (χ4v) is 5.90. The number of aliphatic hydroxyl groups excluding tert-OH is 1. The Balaban J connectivity index is 1.26. The molecule has 220 valence electrons. The Morgan fingerprint density at radius 3 is 2.29 bits per heavy atom. The van der Waals surface area contributed by atoms with Crippen LogP contribution in [0.5, 0.6) is 0 Å². The van der Waals surface area contributed by atoms with E-state index in [-0.39, 0.29) is 18.4 Å². The Bertz CT molecular complexity index is 1380. The van der Waals surface area contributed by atoms with Crippen molar-refractivity contribution >= 4 is 11.6 Å². The van der Waals surface area contributed by atoms with E-state index in [4.69, 9.17) is 4.42 Å². The first-order chi connectivity index (χ1) is 20.5. The number of nitrogens with one attached hydrogen (secondary N) is 1. The Morgan fingerprint density at radius 1 is 0.905 bits per heavy atom. The van der Waals surface area contributed by atoms with Gasteiger partial charge in [-0.1, -0.05) is 92.1 Å². The highest BCUT2D eigenvalue weighted by Gasteiger charge is 2.44. The summed E-state index contributed by atoms with van der Waals surface area (Å²) in [6.07, 6.45) is 7.99. The van der Waals surface area contributed by atoms with E-state index in [0.717, 1.165) is 42.6 Å². The molecule has 3 aromatic carbocycles. The lowest BCUT2D eigenvalue weighted by atomic mass is 9.73. The third-order valence-corrected chi connectivity index (χ3v) is 8.29. The second kappa shape index (κ2) is 14.4. The molecule has 3 N–H and O–H groups in total. The lowest BCUT2D eigenvalue weighted by Crippen LogP contribution is -2.38. The molecule has 1 aliphatic rings. The molecule has 0 bridgehead atoms. The number of benzene rings is 3. The molecule has 4 aromatic rings. The number of hydrogen-bond donors (Lipinski definition) is 3. The molecule has 0 spiro atoms. The van der Waals surface area contributed by atoms with E-state index < -0.39 is 5.60 Å². The van der Waals surface area contributed by atoms with Gasteiger partial charge < -0.3 is 19.9 Å². The molecule has 1 amide bonds. The maximum absolute atomic E-state index is 12.8. The van der Waals surface area contributed by atoms with Crippen molar-refractivity contribution in [3.63, 3.8) is 0 Å². The van der Waals surface area contributed by atoms with Gasteiger partial charge in [-0.25, -0.2) is 4.98 Å². The first-order valence-corrected chi connectivity index (χ1v) is 15.0. The van der Waals surface area contributed by atoms with Crippen molar-refractivity contribution in [1.29, 1.82) is 0 Å². The van der Waals surface area contributed by atoms with Crippen molar-refractivity contribution in [3.05, 3.63) is 119 Å². The van der Waals surface area contributed by atoms with Gasteiger partial charge in [0.15, 0.2) is 5.60 Å². The number of anilines is 1. The van der Waals surface area contributed by atoms with Crippen molar-refractivity contribution in [2.24, 2.45) is 5.92 Å². The number of amides is 1. The second-order valence-corrected chi connectivity index (χ2v) is 11.3. The Hall–Kier alpha value is -3.78. The van der Waals surface area contributed by atoms with Gasteiger partial charge in [-0.3, -0.25) is 9.69 Å². The summed E-state index contributed by atoms with van der Waals surface area (Å²) in [5, 5.41) is 24.3. The summed E-state index contributed by atoms with van der Waals surface area (Å²) in [5.41, 5.74) is 2.26. The minimum absolute atomic E-state index is 0.0263. The second-order valence-electron chi connectivity index (χ2n) is 11.3. The number of aromatic nitrogens is 1. The van der Waals surface area contributed by atoms with Crippen LogP contribution in [0.25, 0.3) is 0 Å². The fourth-order valence-electron chi connectivity index (χ4n) is 5.90. The number of hydrogen-bond acceptors (Lipinski definition) is 6. The van der Waals surface area contributed by atoms with Gasteiger partial charge in [0.1, 0.15) is 5.76 Å². The number of oxazole rings is 1. The fraction of sp³-hybridized carbons (Fsp3) is 0.371. The zero-order valence-corrected chi connectivity index (χ0v) is 24.1. The van der Waals surface area contributed by atoms with Gasteiger partial charge in [-0.15, -0.1) is 0 Å². The number of carbonyl (C=O) groups is 1. The predicted octanol–water partition coefficient (Wildman–Crippen LogP) is 6.06. The van der Waals surface area contributed by atoms with Crippen LogP contribution in [0, 0.1) is 5.92 Å². The van der Waals surface area contributed by atoms with Crippen LogP contribution in [0.15, 0.2) is 95.5 Å². The molecule has 5 rings (SSSR count). The summed E-state index contributed by atoms with van der Waals surface area (Å²) < 4.78 is 6.30. The Kier molecular flexibility index (Phi) is 10.2. The molecule has 1 unspecified atom stereocenters. The molecular formula is C35H41N3O4. The molecule has 7 heteroatoms. The van der Waals surface area contributed by atoms with Crippen molar-refractivity contribution < 1.29 is 19.4 Å². The smallest absolute Gasteiger partial charge is 0.231 e. The van der Waals surface area contributed by atoms with Gasteiger partial charge in [0.05, 0.1) is 12.8 Å². The standard InChI is InChI=1S/C35H41N3O4/c39-26-28-16-18-31(19-17-28)37-33(40)21-23-38(25-27-10-4-1-5-11-27)22-20-32-24-36-34(42-32)35(41,29-12-6-2-7-13-29)30-14-8-3-9-15-30/h1-2,4-7,10-13,16-19,24,30,39,41H,3,8-9,14-15,20-23,25-26H2,(H,37,40). The van der Waals surface area contributed by atoms with Crippen LogP contribution >= 0.6 is 0 Å². The molecule has 42 heavy (non-hydrogen) atoms. The molecule has 1 fully saturated rings. The van der Waals surface area contributed by atoms with Crippen LogP contribution in [0.1, 0.15) is 66.9 Å². The number of carbonyl (C=O) groups excluding carboxylic acids is 1. The summed E-state index contributed by atoms with van der Waals surface area (Å²) in [6, 6.07) is 27.2. The summed E-state index contributed by atoms with van der Waals surface area (Å²) in [7, 11) is 0. The highest BCUT2D eigenvalue weighted by molar-refractivity contribution is 5.90. The average molecular weight is 568 g/mol. The van der Waals surface area contributed by atoms with E-state index in [1.54, 1.807) is 30.5 Å². The van der Waals surface area contributed by atoms with Crippen LogP contribution < -0.4 is 5.32 Å². The van der Waals surface area contributed by atoms with E-state index in [0.29, 0.717) is 44.1 Å². The molecule has 0 radical (unpaired) electrons. The van der Waals surface area contributed by atoms with Gasteiger partial charge >= 0.3 is 0 Å². The van der Waals surface area contributed by atoms with Crippen molar-refractivity contribution in [3.8, 4) is 0 Å². The van der Waals surface area contributed by atoms with Crippen LogP contribution in [-0.2, 0) is 30.0 Å². The van der Waals surface area contributed by atoms with E-state index in [2.05, 4.69) is 27.3 Å². The summed E-state index contributed by atoms with van der Waals surface area (Å²) in [6.45, 7) is 1.93. The highest BCUT2D eigenvalue weighted by Crippen LogP contribution is 2.43. The number of rotatable bonds is 13. The quantitative estimate of drug-likeness (QED) is 0.182. The van der Waals surface area contributed by atoms with Crippen molar-refractivity contribution in [1.82, 2.24) is 9.88 Å². The molecule has 7 nitrogen and oxygen atoms in total. The van der Waals surface area contributed by atoms with Crippen molar-refractivity contribution in [2.75, 3.05) is 18.4 Å². The SMILES string of the molecule is O=C(CCN(CCc1cnc(C(O)(c2ccccc2)C2CCCCC2)o1)Cc1ccccc1)Nc1ccc(CO)cc1. The first-order valence-electron chi connectivity index (χ1n) is 15.0. The minimum atomic E-state index is -1.25. The highest BCUT2D eigenvalue weighted by atomic mass is 16.4. The van der Waals surface area contributed by atoms with Gasteiger partial charge in [0, 0.05) is 44.1 Å². The normalized spacial score (nSPS) is 15.4. The summed E-state index contributed by atoms with van der Waals surface area (Å²) in [4.78, 5) is 19.6. The molecule has 1 heterocycles. The third kappa shape index (κ3) is 7.53. The largest absolute Gasteiger partial charge is 0.442 e. The average Bonchev–Trinajstić information content (AvgIpc) is 3.53. The zero-order chi connectivity index (χ0) is 29.2. The van der Waals surface area contributed by atoms with Gasteiger partial charge in [-0.2, -0.15) is 0 Å². The predicted molar refractivity (Wildman–Crippen MR) is 164 cm³/mol. The number of nitrogens with zero attached hydrogens (tertiary/aromatic N) is 2. The maximum atomic E-state index is 12.8. The zero-order valence-electron chi connectivity index (χ0n) is 24.1. The van der Waals surface area contributed by atoms with E-state index in [1.807, 2.05) is 48.5 Å². The minimum Gasteiger partial charge on any atom is -0.442 e. The summed E-state index contributed by atoms with van der Waals surface area (Å²) >= 11 is 0. The Labute approximate surface area is 248 Å². The van der Waals surface area contributed by atoms with Crippen LogP contribution in [0.3, 0.4) is 0 Å². The molecule has 0 aliphatic heterocycles. The lowest BCUT2D eigenvalue weighted by molar-refractivity contribution is -0.116. The first kappa shape index (κ1) is 29.7. The Morgan fingerprint density at radius 2 is 1.60 bits per heavy atom. The molecule has 1 aliphatic carbocycles. The molecule has 1 saturated carbocycles. The van der Waals surface area contributed by atoms with E-state index in [9.17, 15) is 15.0 Å². The summed E-state index contributed by atoms with van der Waals surface area (Å²) in [5.74, 6) is 1.10. The van der Waals surface area contributed by atoms with Crippen molar-refractivity contribution in [2.45, 2.75) is 63.7 Å².